The van der Waals surface area contributed by atoms with Gasteiger partial charge in [0, 0.05) is 23.7 Å². The van der Waals surface area contributed by atoms with Crippen molar-refractivity contribution in [2.75, 3.05) is 5.32 Å². The van der Waals surface area contributed by atoms with Gasteiger partial charge in [-0.1, -0.05) is 37.1 Å². The van der Waals surface area contributed by atoms with Crippen LogP contribution in [0.1, 0.15) is 59.0 Å². The molecule has 5 rings (SSSR count). The third-order valence-electron chi connectivity index (χ3n) is 6.67. The van der Waals surface area contributed by atoms with Gasteiger partial charge in [0.15, 0.2) is 5.76 Å². The molecule has 2 aromatic heterocycles. The quantitative estimate of drug-likeness (QED) is 0.299. The second-order valence-corrected chi connectivity index (χ2v) is 9.10. The average Bonchev–Trinajstić information content (AvgIpc) is 3.66. The van der Waals surface area contributed by atoms with Crippen molar-refractivity contribution in [3.8, 4) is 17.0 Å². The number of phenols is 1. The number of aromatic nitrogens is 2. The smallest absolute Gasteiger partial charge is 0.342 e. The summed E-state index contributed by atoms with van der Waals surface area (Å²) in [7, 11) is 0. The van der Waals surface area contributed by atoms with Crippen LogP contribution in [0, 0.1) is 6.92 Å². The van der Waals surface area contributed by atoms with Crippen LogP contribution in [0.2, 0.25) is 0 Å². The van der Waals surface area contributed by atoms with Crippen molar-refractivity contribution in [3.63, 3.8) is 0 Å². The first kappa shape index (κ1) is 23.4. The minimum atomic E-state index is -0.399. The molecule has 1 fully saturated rings. The Morgan fingerprint density at radius 2 is 1.89 bits per heavy atom. The lowest BCUT2D eigenvalue weighted by molar-refractivity contribution is 0.0996. The van der Waals surface area contributed by atoms with Crippen LogP contribution in [0.3, 0.4) is 0 Å². The van der Waals surface area contributed by atoms with Gasteiger partial charge in [-0.2, -0.15) is 9.78 Å². The van der Waals surface area contributed by atoms with E-state index in [1.165, 1.54) is 17.0 Å². The van der Waals surface area contributed by atoms with Crippen LogP contribution in [-0.2, 0) is 6.54 Å². The second kappa shape index (κ2) is 10.1. The minimum Gasteiger partial charge on any atom is -0.507 e. The molecule has 8 nitrogen and oxygen atoms in total. The Balaban J connectivity index is 1.43. The van der Waals surface area contributed by atoms with Crippen molar-refractivity contribution in [2.45, 2.75) is 45.1 Å². The van der Waals surface area contributed by atoms with Gasteiger partial charge in [-0.25, -0.2) is 4.79 Å². The highest BCUT2D eigenvalue weighted by Gasteiger charge is 2.26. The molecule has 0 unspecified atom stereocenters. The molecule has 2 aromatic carbocycles. The zero-order valence-corrected chi connectivity index (χ0v) is 20.0. The number of anilines is 1. The molecule has 2 heterocycles. The Bertz CT molecular complexity index is 1380. The lowest BCUT2D eigenvalue weighted by Gasteiger charge is -2.13. The maximum Gasteiger partial charge on any atom is 0.342 e. The van der Waals surface area contributed by atoms with Crippen LogP contribution in [-0.4, -0.2) is 26.8 Å². The second-order valence-electron chi connectivity index (χ2n) is 9.10. The Hall–Kier alpha value is -4.33. The van der Waals surface area contributed by atoms with Gasteiger partial charge < -0.3 is 20.2 Å². The number of nitrogens with one attached hydrogen (secondary N) is 2. The van der Waals surface area contributed by atoms with Crippen molar-refractivity contribution in [2.24, 2.45) is 0 Å². The van der Waals surface area contributed by atoms with E-state index in [1.807, 2.05) is 37.3 Å². The van der Waals surface area contributed by atoms with E-state index in [0.29, 0.717) is 23.5 Å². The van der Waals surface area contributed by atoms with Crippen LogP contribution in [0.15, 0.2) is 71.3 Å². The Morgan fingerprint density at radius 1 is 1.08 bits per heavy atom. The van der Waals surface area contributed by atoms with E-state index in [0.717, 1.165) is 42.5 Å². The highest BCUT2D eigenvalue weighted by molar-refractivity contribution is 6.02. The number of nitrogens with zero attached hydrogens (tertiary/aromatic N) is 2. The van der Waals surface area contributed by atoms with E-state index in [1.54, 1.807) is 24.3 Å². The van der Waals surface area contributed by atoms with Crippen LogP contribution < -0.4 is 10.6 Å². The van der Waals surface area contributed by atoms with E-state index in [2.05, 4.69) is 15.7 Å². The molecule has 36 heavy (non-hydrogen) atoms. The predicted molar refractivity (Wildman–Crippen MR) is 136 cm³/mol. The van der Waals surface area contributed by atoms with E-state index >= 15 is 0 Å². The van der Waals surface area contributed by atoms with Gasteiger partial charge >= 0.3 is 6.03 Å². The molecule has 1 aliphatic rings. The fourth-order valence-electron chi connectivity index (χ4n) is 4.68. The number of aryl methyl sites for hydroxylation is 1. The van der Waals surface area contributed by atoms with Crippen molar-refractivity contribution in [1.82, 2.24) is 15.1 Å². The molecule has 0 bridgehead atoms. The molecule has 8 heteroatoms. The summed E-state index contributed by atoms with van der Waals surface area (Å²) < 4.78 is 6.58. The standard InChI is InChI=1S/C28H28N4O4/c1-18-7-2-3-10-20(18)17-29-28(35)32-24(19-8-4-5-9-19)16-23(31-32)22-15-21(12-13-25(22)33)30-27(34)26-11-6-14-36-26/h2-3,6-7,10-16,19,33H,4-5,8-9,17H2,1H3,(H,29,35)(H,30,34). The fraction of sp³-hybridized carbons (Fsp3) is 0.250. The van der Waals surface area contributed by atoms with Crippen LogP contribution >= 0.6 is 0 Å². The van der Waals surface area contributed by atoms with Gasteiger partial charge in [0.25, 0.3) is 5.91 Å². The van der Waals surface area contributed by atoms with Gasteiger partial charge in [-0.3, -0.25) is 4.79 Å². The van der Waals surface area contributed by atoms with Crippen LogP contribution in [0.25, 0.3) is 11.3 Å². The molecule has 3 N–H and O–H groups in total. The summed E-state index contributed by atoms with van der Waals surface area (Å²) in [5.74, 6) is 0.0144. The van der Waals surface area contributed by atoms with Gasteiger partial charge in [-0.05, 0) is 67.3 Å². The van der Waals surface area contributed by atoms with Crippen LogP contribution in [0.4, 0.5) is 10.5 Å². The summed E-state index contributed by atoms with van der Waals surface area (Å²) in [5.41, 5.74) is 4.34. The summed E-state index contributed by atoms with van der Waals surface area (Å²) in [6, 6.07) is 17.4. The van der Waals surface area contributed by atoms with Gasteiger partial charge in [0.05, 0.1) is 17.7 Å². The number of furan rings is 1. The zero-order valence-electron chi connectivity index (χ0n) is 20.0. The summed E-state index contributed by atoms with van der Waals surface area (Å²) in [4.78, 5) is 25.6. The summed E-state index contributed by atoms with van der Waals surface area (Å²) in [6.45, 7) is 2.41. The van der Waals surface area contributed by atoms with E-state index in [4.69, 9.17) is 4.42 Å². The summed E-state index contributed by atoms with van der Waals surface area (Å²) in [5, 5.41) is 21.0. The number of carbonyl (C=O) groups excluding carboxylic acids is 2. The molecule has 2 amide bonds. The molecule has 0 spiro atoms. The SMILES string of the molecule is Cc1ccccc1CNC(=O)n1nc(-c2cc(NC(=O)c3ccco3)ccc2O)cc1C1CCCC1. The Labute approximate surface area is 208 Å². The first-order valence-electron chi connectivity index (χ1n) is 12.1. The predicted octanol–water partition coefficient (Wildman–Crippen LogP) is 5.82. The van der Waals surface area contributed by atoms with E-state index < -0.39 is 5.91 Å². The molecular formula is C28H28N4O4. The van der Waals surface area contributed by atoms with Gasteiger partial charge in [0.1, 0.15) is 5.75 Å². The third kappa shape index (κ3) is 4.88. The average molecular weight is 485 g/mol. The van der Waals surface area contributed by atoms with E-state index in [9.17, 15) is 14.7 Å². The maximum atomic E-state index is 13.2. The Morgan fingerprint density at radius 3 is 2.64 bits per heavy atom. The molecule has 0 aliphatic heterocycles. The largest absolute Gasteiger partial charge is 0.507 e. The summed E-state index contributed by atoms with van der Waals surface area (Å²) >= 11 is 0. The van der Waals surface area contributed by atoms with Crippen molar-refractivity contribution in [1.29, 1.82) is 0 Å². The molecule has 4 aromatic rings. The number of amides is 2. The number of carbonyl (C=O) groups is 2. The fourth-order valence-corrected chi connectivity index (χ4v) is 4.68. The highest BCUT2D eigenvalue weighted by atomic mass is 16.3. The topological polar surface area (TPSA) is 109 Å². The maximum absolute atomic E-state index is 13.2. The van der Waals surface area contributed by atoms with E-state index in [-0.39, 0.29) is 23.5 Å². The summed E-state index contributed by atoms with van der Waals surface area (Å²) in [6.07, 6.45) is 5.62. The molecule has 0 atom stereocenters. The first-order valence-corrected chi connectivity index (χ1v) is 12.1. The molecule has 1 saturated carbocycles. The number of rotatable bonds is 6. The monoisotopic (exact) mass is 484 g/mol. The lowest BCUT2D eigenvalue weighted by atomic mass is 10.0. The molecule has 184 valence electrons. The van der Waals surface area contributed by atoms with Crippen LogP contribution in [0.5, 0.6) is 5.75 Å². The normalized spacial score (nSPS) is 13.6. The molecule has 0 saturated heterocycles. The number of benzene rings is 2. The molecular weight excluding hydrogens is 456 g/mol. The van der Waals surface area contributed by atoms with Crippen molar-refractivity contribution >= 4 is 17.6 Å². The highest BCUT2D eigenvalue weighted by Crippen LogP contribution is 2.38. The van der Waals surface area contributed by atoms with Gasteiger partial charge in [-0.15, -0.1) is 0 Å². The minimum absolute atomic E-state index is 0.00828. The lowest BCUT2D eigenvalue weighted by Crippen LogP contribution is -2.31. The molecule has 1 aliphatic carbocycles. The number of hydrogen-bond donors (Lipinski definition) is 3. The van der Waals surface area contributed by atoms with Crippen molar-refractivity contribution < 1.29 is 19.1 Å². The Kier molecular flexibility index (Phi) is 6.58. The number of aromatic hydroxyl groups is 1. The van der Waals surface area contributed by atoms with Gasteiger partial charge in [0.2, 0.25) is 0 Å². The number of hydrogen-bond acceptors (Lipinski definition) is 5. The number of phenolic OH excluding ortho intramolecular Hbond substituents is 1. The van der Waals surface area contributed by atoms with Crippen molar-refractivity contribution in [3.05, 3.63) is 89.5 Å². The zero-order chi connectivity index (χ0) is 25.1. The third-order valence-corrected chi connectivity index (χ3v) is 6.67. The first-order chi connectivity index (χ1) is 17.5. The molecule has 0 radical (unpaired) electrons.